The third kappa shape index (κ3) is 1.46. The summed E-state index contributed by atoms with van der Waals surface area (Å²) in [7, 11) is 0. The average Bonchev–Trinajstić information content (AvgIpc) is 3.00. The van der Waals surface area contributed by atoms with E-state index >= 15 is 0 Å². The number of hydrogen-bond donors (Lipinski definition) is 0. The van der Waals surface area contributed by atoms with Gasteiger partial charge in [0.25, 0.3) is 0 Å². The summed E-state index contributed by atoms with van der Waals surface area (Å²) in [5.41, 5.74) is 3.29. The number of piperidine rings is 1. The van der Waals surface area contributed by atoms with Crippen molar-refractivity contribution in [1.82, 2.24) is 14.9 Å². The SMILES string of the molecule is c1cnc2ccc(C3CN4CCC3C4)nc2c1. The van der Waals surface area contributed by atoms with Crippen LogP contribution in [0.3, 0.4) is 0 Å². The Morgan fingerprint density at radius 1 is 1.12 bits per heavy atom. The molecule has 3 heteroatoms. The molecular formula is C14H15N3. The molecule has 4 heterocycles. The Morgan fingerprint density at radius 3 is 2.94 bits per heavy atom. The van der Waals surface area contributed by atoms with Gasteiger partial charge in [0.1, 0.15) is 0 Å². The van der Waals surface area contributed by atoms with Crippen molar-refractivity contribution in [2.24, 2.45) is 5.92 Å². The first-order valence-electron chi connectivity index (χ1n) is 6.34. The van der Waals surface area contributed by atoms with Crippen molar-refractivity contribution in [3.05, 3.63) is 36.2 Å². The van der Waals surface area contributed by atoms with Crippen LogP contribution in [0.1, 0.15) is 18.0 Å². The predicted octanol–water partition coefficient (Wildman–Crippen LogP) is 2.05. The molecule has 2 bridgehead atoms. The lowest BCUT2D eigenvalue weighted by atomic mass is 9.89. The van der Waals surface area contributed by atoms with Gasteiger partial charge in [-0.05, 0) is 43.1 Å². The zero-order valence-electron chi connectivity index (χ0n) is 9.71. The quantitative estimate of drug-likeness (QED) is 0.743. The fourth-order valence-electron chi connectivity index (χ4n) is 3.30. The summed E-state index contributed by atoms with van der Waals surface area (Å²) in [5, 5.41) is 0. The van der Waals surface area contributed by atoms with Crippen LogP contribution in [0, 0.1) is 5.92 Å². The van der Waals surface area contributed by atoms with Crippen LogP contribution < -0.4 is 0 Å². The summed E-state index contributed by atoms with van der Waals surface area (Å²) in [5.74, 6) is 1.48. The highest BCUT2D eigenvalue weighted by Crippen LogP contribution is 2.39. The Balaban J connectivity index is 1.76. The highest BCUT2D eigenvalue weighted by atomic mass is 15.2. The van der Waals surface area contributed by atoms with Crippen molar-refractivity contribution in [2.75, 3.05) is 19.6 Å². The number of nitrogens with zero attached hydrogens (tertiary/aromatic N) is 3. The lowest BCUT2D eigenvalue weighted by Gasteiger charge is -2.21. The molecule has 0 spiro atoms. The van der Waals surface area contributed by atoms with Crippen LogP contribution in [0.4, 0.5) is 0 Å². The predicted molar refractivity (Wildman–Crippen MR) is 66.8 cm³/mol. The van der Waals surface area contributed by atoms with Crippen LogP contribution in [0.5, 0.6) is 0 Å². The van der Waals surface area contributed by atoms with E-state index in [0.29, 0.717) is 5.92 Å². The lowest BCUT2D eigenvalue weighted by Crippen LogP contribution is -2.22. The minimum absolute atomic E-state index is 0.647. The minimum atomic E-state index is 0.647. The second-order valence-electron chi connectivity index (χ2n) is 5.19. The number of pyridine rings is 2. The largest absolute Gasteiger partial charge is 0.302 e. The molecule has 3 unspecified atom stereocenters. The second-order valence-corrected chi connectivity index (χ2v) is 5.19. The van der Waals surface area contributed by atoms with Gasteiger partial charge in [-0.3, -0.25) is 9.97 Å². The van der Waals surface area contributed by atoms with Gasteiger partial charge in [0.05, 0.1) is 11.0 Å². The normalized spacial score (nSPS) is 31.2. The fourth-order valence-corrected chi connectivity index (χ4v) is 3.30. The zero-order chi connectivity index (χ0) is 11.2. The van der Waals surface area contributed by atoms with Gasteiger partial charge in [0.2, 0.25) is 0 Å². The van der Waals surface area contributed by atoms with Crippen LogP contribution in [-0.2, 0) is 0 Å². The van der Waals surface area contributed by atoms with Gasteiger partial charge in [-0.15, -0.1) is 0 Å². The van der Waals surface area contributed by atoms with Crippen LogP contribution in [0.15, 0.2) is 30.5 Å². The summed E-state index contributed by atoms with van der Waals surface area (Å²) < 4.78 is 0. The van der Waals surface area contributed by atoms with Crippen molar-refractivity contribution in [3.8, 4) is 0 Å². The average molecular weight is 225 g/mol. The Morgan fingerprint density at radius 2 is 2.12 bits per heavy atom. The minimum Gasteiger partial charge on any atom is -0.302 e. The first kappa shape index (κ1) is 9.54. The first-order valence-corrected chi connectivity index (χ1v) is 6.34. The molecular weight excluding hydrogens is 210 g/mol. The standard InChI is InChI=1S/C14H15N3/c1-2-14-13(15-6-1)4-3-12(16-14)11-9-17-7-5-10(11)8-17/h1-4,6,10-11H,5,7-9H2. The molecule has 2 saturated heterocycles. The molecule has 3 nitrogen and oxygen atoms in total. The Kier molecular flexibility index (Phi) is 1.97. The lowest BCUT2D eigenvalue weighted by molar-refractivity contribution is 0.344. The third-order valence-electron chi connectivity index (χ3n) is 4.19. The van der Waals surface area contributed by atoms with Gasteiger partial charge in [0, 0.05) is 30.9 Å². The van der Waals surface area contributed by atoms with Gasteiger partial charge in [-0.25, -0.2) is 0 Å². The maximum atomic E-state index is 4.79. The number of rotatable bonds is 1. The van der Waals surface area contributed by atoms with Crippen LogP contribution >= 0.6 is 0 Å². The Hall–Kier alpha value is -1.48. The smallest absolute Gasteiger partial charge is 0.0890 e. The molecule has 86 valence electrons. The molecule has 0 N–H and O–H groups in total. The van der Waals surface area contributed by atoms with Crippen molar-refractivity contribution in [1.29, 1.82) is 0 Å². The summed E-state index contributed by atoms with van der Waals surface area (Å²) in [6.07, 6.45) is 3.17. The van der Waals surface area contributed by atoms with Crippen LogP contribution in [0.25, 0.3) is 11.0 Å². The number of hydrogen-bond acceptors (Lipinski definition) is 3. The van der Waals surface area contributed by atoms with Crippen molar-refractivity contribution >= 4 is 11.0 Å². The van der Waals surface area contributed by atoms with Crippen molar-refractivity contribution in [2.45, 2.75) is 12.3 Å². The maximum absolute atomic E-state index is 4.79. The molecule has 0 aliphatic carbocycles. The third-order valence-corrected chi connectivity index (χ3v) is 4.19. The summed E-state index contributed by atoms with van der Waals surface area (Å²) in [6, 6.07) is 8.30. The highest BCUT2D eigenvalue weighted by molar-refractivity contribution is 5.73. The highest BCUT2D eigenvalue weighted by Gasteiger charge is 2.39. The van der Waals surface area contributed by atoms with Crippen molar-refractivity contribution < 1.29 is 0 Å². The van der Waals surface area contributed by atoms with Crippen LogP contribution in [-0.4, -0.2) is 34.5 Å². The van der Waals surface area contributed by atoms with Gasteiger partial charge < -0.3 is 4.90 Å². The number of aromatic nitrogens is 2. The topological polar surface area (TPSA) is 29.0 Å². The molecule has 2 aliphatic heterocycles. The van der Waals surface area contributed by atoms with Gasteiger partial charge in [-0.1, -0.05) is 0 Å². The first-order chi connectivity index (χ1) is 8.40. The van der Waals surface area contributed by atoms with Gasteiger partial charge in [-0.2, -0.15) is 0 Å². The molecule has 4 rings (SSSR count). The van der Waals surface area contributed by atoms with E-state index in [2.05, 4.69) is 28.1 Å². The monoisotopic (exact) mass is 225 g/mol. The Bertz CT molecular complexity index is 566. The van der Waals surface area contributed by atoms with Crippen molar-refractivity contribution in [3.63, 3.8) is 0 Å². The molecule has 2 aromatic heterocycles. The van der Waals surface area contributed by atoms with Crippen LogP contribution in [0.2, 0.25) is 0 Å². The second kappa shape index (κ2) is 3.50. The van der Waals surface area contributed by atoms with Gasteiger partial charge in [0.15, 0.2) is 0 Å². The molecule has 17 heavy (non-hydrogen) atoms. The Labute approximate surface area is 100 Å². The summed E-state index contributed by atoms with van der Waals surface area (Å²) in [6.45, 7) is 3.76. The van der Waals surface area contributed by atoms with Gasteiger partial charge >= 0.3 is 0 Å². The zero-order valence-corrected chi connectivity index (χ0v) is 9.71. The molecule has 2 fully saturated rings. The summed E-state index contributed by atoms with van der Waals surface area (Å²) in [4.78, 5) is 11.7. The molecule has 0 amide bonds. The fraction of sp³-hybridized carbons (Fsp3) is 0.429. The van der Waals surface area contributed by atoms with E-state index < -0.39 is 0 Å². The van der Waals surface area contributed by atoms with E-state index in [9.17, 15) is 0 Å². The van der Waals surface area contributed by atoms with E-state index in [1.54, 1.807) is 0 Å². The molecule has 0 saturated carbocycles. The van der Waals surface area contributed by atoms with E-state index in [1.807, 2.05) is 12.3 Å². The maximum Gasteiger partial charge on any atom is 0.0890 e. The van der Waals surface area contributed by atoms with E-state index in [1.165, 1.54) is 31.7 Å². The summed E-state index contributed by atoms with van der Waals surface area (Å²) >= 11 is 0. The van der Waals surface area contributed by atoms with E-state index in [-0.39, 0.29) is 0 Å². The molecule has 3 atom stereocenters. The molecule has 0 radical (unpaired) electrons. The number of fused-ring (bicyclic) bond motifs is 3. The molecule has 0 aromatic carbocycles. The molecule has 2 aromatic rings. The van der Waals surface area contributed by atoms with E-state index in [0.717, 1.165) is 17.0 Å². The molecule has 2 aliphatic rings. The van der Waals surface area contributed by atoms with E-state index in [4.69, 9.17) is 4.98 Å².